The minimum Gasteiger partial charge on any atom is -0.491 e. The molecule has 0 bridgehead atoms. The van der Waals surface area contributed by atoms with Gasteiger partial charge in [0.05, 0.1) is 12.7 Å². The first kappa shape index (κ1) is 28.7. The maximum absolute atomic E-state index is 11.9. The SMILES string of the molecule is CCCOC(=O)O[C@H]1O[C@H](Oc2nn(C(C)C)c(C)c2Cc2ccc(OC(C)C)cc2)[C@H](O)[C@H](O)[C@@H]1O. The molecule has 0 spiro atoms. The van der Waals surface area contributed by atoms with Gasteiger partial charge in [-0.25, -0.2) is 4.79 Å². The third-order valence-electron chi connectivity index (χ3n) is 5.79. The molecule has 0 saturated carbocycles. The number of aliphatic hydroxyl groups is 3. The number of benzene rings is 1. The van der Waals surface area contributed by atoms with Crippen molar-refractivity contribution in [2.45, 2.75) is 97.4 Å². The lowest BCUT2D eigenvalue weighted by Crippen LogP contribution is -2.60. The van der Waals surface area contributed by atoms with Crippen molar-refractivity contribution in [3.8, 4) is 11.6 Å². The topological polar surface area (TPSA) is 142 Å². The van der Waals surface area contributed by atoms with Crippen LogP contribution in [0, 0.1) is 6.92 Å². The molecular weight excluding hydrogens is 484 g/mol. The molecule has 206 valence electrons. The van der Waals surface area contributed by atoms with Crippen molar-refractivity contribution in [3.05, 3.63) is 41.1 Å². The van der Waals surface area contributed by atoms with Gasteiger partial charge in [-0.2, -0.15) is 0 Å². The molecule has 1 saturated heterocycles. The van der Waals surface area contributed by atoms with Gasteiger partial charge in [-0.1, -0.05) is 19.1 Å². The highest BCUT2D eigenvalue weighted by molar-refractivity contribution is 5.60. The number of nitrogens with zero attached hydrogens (tertiary/aromatic N) is 2. The van der Waals surface area contributed by atoms with Gasteiger partial charge in [0.2, 0.25) is 18.5 Å². The summed E-state index contributed by atoms with van der Waals surface area (Å²) in [5.41, 5.74) is 2.59. The highest BCUT2D eigenvalue weighted by Crippen LogP contribution is 2.31. The normalized spacial score (nSPS) is 23.8. The number of aliphatic hydroxyl groups excluding tert-OH is 3. The minimum absolute atomic E-state index is 0.0203. The Bertz CT molecular complexity index is 1020. The van der Waals surface area contributed by atoms with Gasteiger partial charge in [0.25, 0.3) is 0 Å². The summed E-state index contributed by atoms with van der Waals surface area (Å²) in [7, 11) is 0. The maximum atomic E-state index is 11.9. The van der Waals surface area contributed by atoms with Crippen molar-refractivity contribution in [2.75, 3.05) is 6.61 Å². The van der Waals surface area contributed by atoms with E-state index in [0.717, 1.165) is 22.6 Å². The maximum Gasteiger partial charge on any atom is 0.510 e. The fraction of sp³-hybridized carbons (Fsp3) is 0.615. The summed E-state index contributed by atoms with van der Waals surface area (Å²) in [5.74, 6) is 0.952. The molecule has 1 fully saturated rings. The van der Waals surface area contributed by atoms with Gasteiger partial charge in [-0.3, -0.25) is 9.42 Å². The molecule has 1 aliphatic heterocycles. The minimum atomic E-state index is -1.70. The summed E-state index contributed by atoms with van der Waals surface area (Å²) in [6.45, 7) is 11.7. The molecule has 37 heavy (non-hydrogen) atoms. The van der Waals surface area contributed by atoms with Gasteiger partial charge < -0.3 is 34.3 Å². The van der Waals surface area contributed by atoms with E-state index in [0.29, 0.717) is 12.8 Å². The largest absolute Gasteiger partial charge is 0.510 e. The van der Waals surface area contributed by atoms with E-state index in [1.54, 1.807) is 4.68 Å². The smallest absolute Gasteiger partial charge is 0.491 e. The van der Waals surface area contributed by atoms with Crippen LogP contribution in [0.1, 0.15) is 63.9 Å². The van der Waals surface area contributed by atoms with Crippen LogP contribution < -0.4 is 9.47 Å². The zero-order chi connectivity index (χ0) is 27.3. The number of hydrogen-bond acceptors (Lipinski definition) is 10. The van der Waals surface area contributed by atoms with E-state index in [4.69, 9.17) is 23.7 Å². The van der Waals surface area contributed by atoms with Crippen molar-refractivity contribution in [2.24, 2.45) is 0 Å². The predicted octanol–water partition coefficient (Wildman–Crippen LogP) is 2.86. The van der Waals surface area contributed by atoms with E-state index < -0.39 is 37.0 Å². The van der Waals surface area contributed by atoms with E-state index in [1.807, 2.05) is 65.8 Å². The average Bonchev–Trinajstić information content (AvgIpc) is 3.15. The first-order valence-corrected chi connectivity index (χ1v) is 12.5. The monoisotopic (exact) mass is 522 g/mol. The van der Waals surface area contributed by atoms with Crippen LogP contribution in [-0.2, 0) is 20.6 Å². The summed E-state index contributed by atoms with van der Waals surface area (Å²) in [4.78, 5) is 11.9. The fourth-order valence-electron chi connectivity index (χ4n) is 3.93. The number of carbonyl (C=O) groups excluding carboxylic acids is 1. The van der Waals surface area contributed by atoms with E-state index in [9.17, 15) is 20.1 Å². The molecule has 3 rings (SSSR count). The van der Waals surface area contributed by atoms with Crippen molar-refractivity contribution in [1.29, 1.82) is 0 Å². The Labute approximate surface area is 216 Å². The van der Waals surface area contributed by atoms with Crippen LogP contribution in [0.3, 0.4) is 0 Å². The molecule has 11 nitrogen and oxygen atoms in total. The molecule has 0 aliphatic carbocycles. The highest BCUT2D eigenvalue weighted by atomic mass is 16.8. The Morgan fingerprint density at radius 3 is 2.30 bits per heavy atom. The lowest BCUT2D eigenvalue weighted by molar-refractivity contribution is -0.322. The quantitative estimate of drug-likeness (QED) is 0.399. The van der Waals surface area contributed by atoms with Crippen LogP contribution in [0.2, 0.25) is 0 Å². The lowest BCUT2D eigenvalue weighted by atomic mass is 10.0. The molecule has 0 amide bonds. The molecule has 2 heterocycles. The fourth-order valence-corrected chi connectivity index (χ4v) is 3.93. The molecule has 11 heteroatoms. The van der Waals surface area contributed by atoms with Gasteiger partial charge in [-0.05, 0) is 58.7 Å². The zero-order valence-electron chi connectivity index (χ0n) is 22.2. The van der Waals surface area contributed by atoms with Crippen LogP contribution in [0.5, 0.6) is 11.6 Å². The van der Waals surface area contributed by atoms with Gasteiger partial charge in [-0.15, -0.1) is 5.10 Å². The summed E-state index contributed by atoms with van der Waals surface area (Å²) in [6, 6.07) is 7.70. The average molecular weight is 523 g/mol. The first-order valence-electron chi connectivity index (χ1n) is 12.5. The second kappa shape index (κ2) is 12.6. The number of carbonyl (C=O) groups is 1. The summed E-state index contributed by atoms with van der Waals surface area (Å²) in [6.07, 6.45) is -8.09. The number of ether oxygens (including phenoxy) is 5. The predicted molar refractivity (Wildman–Crippen MR) is 132 cm³/mol. The Balaban J connectivity index is 1.83. The first-order chi connectivity index (χ1) is 17.5. The van der Waals surface area contributed by atoms with E-state index in [-0.39, 0.29) is 24.6 Å². The van der Waals surface area contributed by atoms with Crippen LogP contribution in [-0.4, -0.2) is 74.9 Å². The van der Waals surface area contributed by atoms with Crippen molar-refractivity contribution >= 4 is 6.16 Å². The Morgan fingerprint density at radius 1 is 1.05 bits per heavy atom. The van der Waals surface area contributed by atoms with Crippen LogP contribution in [0.15, 0.2) is 24.3 Å². The lowest BCUT2D eigenvalue weighted by Gasteiger charge is -2.38. The molecule has 3 N–H and O–H groups in total. The molecule has 1 aliphatic rings. The Morgan fingerprint density at radius 2 is 1.70 bits per heavy atom. The molecule has 5 atom stereocenters. The van der Waals surface area contributed by atoms with E-state index >= 15 is 0 Å². The van der Waals surface area contributed by atoms with Crippen molar-refractivity contribution < 1.29 is 43.8 Å². The molecule has 2 aromatic rings. The summed E-state index contributed by atoms with van der Waals surface area (Å²) < 4.78 is 28.8. The van der Waals surface area contributed by atoms with E-state index in [2.05, 4.69) is 5.10 Å². The van der Waals surface area contributed by atoms with Gasteiger partial charge in [0.15, 0.2) is 0 Å². The highest BCUT2D eigenvalue weighted by Gasteiger charge is 2.47. The third kappa shape index (κ3) is 7.13. The second-order valence-corrected chi connectivity index (χ2v) is 9.57. The number of aromatic nitrogens is 2. The summed E-state index contributed by atoms with van der Waals surface area (Å²) in [5, 5.41) is 35.7. The van der Waals surface area contributed by atoms with Crippen LogP contribution >= 0.6 is 0 Å². The van der Waals surface area contributed by atoms with Crippen LogP contribution in [0.25, 0.3) is 0 Å². The standard InChI is InChI=1S/C26H38N2O9/c1-7-12-33-26(32)37-25-22(31)20(29)21(30)24(36-25)35-23-19(16(6)28(27-23)14(2)3)13-17-8-10-18(11-9-17)34-15(4)5/h8-11,14-15,20-22,24-25,29-31H,7,12-13H2,1-6H3/t20-,21+,22-,24-,25+/m0/s1. The van der Waals surface area contributed by atoms with E-state index in [1.165, 1.54) is 0 Å². The van der Waals surface area contributed by atoms with Gasteiger partial charge in [0.1, 0.15) is 24.1 Å². The molecule has 1 aromatic carbocycles. The van der Waals surface area contributed by atoms with Gasteiger partial charge >= 0.3 is 6.16 Å². The zero-order valence-corrected chi connectivity index (χ0v) is 22.2. The summed E-state index contributed by atoms with van der Waals surface area (Å²) >= 11 is 0. The molecule has 0 unspecified atom stereocenters. The number of rotatable bonds is 10. The molecule has 1 aromatic heterocycles. The third-order valence-corrected chi connectivity index (χ3v) is 5.79. The van der Waals surface area contributed by atoms with Gasteiger partial charge in [0, 0.05) is 23.7 Å². The second-order valence-electron chi connectivity index (χ2n) is 9.57. The molecule has 0 radical (unpaired) electrons. The number of hydrogen-bond donors (Lipinski definition) is 3. The van der Waals surface area contributed by atoms with Crippen molar-refractivity contribution in [3.63, 3.8) is 0 Å². The van der Waals surface area contributed by atoms with Crippen molar-refractivity contribution in [1.82, 2.24) is 9.78 Å². The van der Waals surface area contributed by atoms with Crippen LogP contribution in [0.4, 0.5) is 4.79 Å². The Hall–Kier alpha value is -2.86. The molecular formula is C26H38N2O9. The Kier molecular flexibility index (Phi) is 9.77.